The summed E-state index contributed by atoms with van der Waals surface area (Å²) in [7, 11) is 0. The van der Waals surface area contributed by atoms with Crippen molar-refractivity contribution in [3.8, 4) is 0 Å². The Morgan fingerprint density at radius 2 is 2.10 bits per heavy atom. The Balaban J connectivity index is 3.88. The molecule has 0 spiro atoms. The molecule has 0 aromatic rings. The van der Waals surface area contributed by atoms with Crippen LogP contribution in [0.5, 0.6) is 0 Å². The molecule has 10 heavy (non-hydrogen) atoms. The van der Waals surface area contributed by atoms with Crippen molar-refractivity contribution >= 4 is 51.6 Å². The minimum absolute atomic E-state index is 0.0165. The zero-order chi connectivity index (χ0) is 8.20. The first-order valence-corrected chi connectivity index (χ1v) is 4.62. The van der Waals surface area contributed by atoms with E-state index in [2.05, 4.69) is 25.7 Å². The molecule has 0 saturated carbocycles. The number of alkyl halides is 1. The van der Waals surface area contributed by atoms with E-state index in [-0.39, 0.29) is 9.39 Å². The number of allylic oxidation sites excluding steroid dienone is 1. The Bertz CT molecular complexity index is 146. The van der Waals surface area contributed by atoms with E-state index in [0.717, 1.165) is 0 Å². The highest BCUT2D eigenvalue weighted by Crippen LogP contribution is 2.17. The summed E-state index contributed by atoms with van der Waals surface area (Å²) in [6.07, 6.45) is 3.23. The van der Waals surface area contributed by atoms with Gasteiger partial charge in [0, 0.05) is 9.50 Å². The molecule has 0 heterocycles. The van der Waals surface area contributed by atoms with Crippen LogP contribution in [0, 0.1) is 0 Å². The van der Waals surface area contributed by atoms with Gasteiger partial charge in [0.15, 0.2) is 23.0 Å². The van der Waals surface area contributed by atoms with Gasteiger partial charge in [-0.15, -0.1) is 0 Å². The molecule has 0 fully saturated rings. The average Bonchev–Trinajstić information content (AvgIpc) is 1.81. The van der Waals surface area contributed by atoms with Crippen LogP contribution >= 0.6 is 45.6 Å². The summed E-state index contributed by atoms with van der Waals surface area (Å²) in [6, 6.07) is 0. The highest BCUT2D eigenvalue weighted by Gasteiger charge is 2.07. The van der Waals surface area contributed by atoms with Gasteiger partial charge in [0.25, 0.3) is 0 Å². The van der Waals surface area contributed by atoms with E-state index < -0.39 is 0 Å². The van der Waals surface area contributed by atoms with Crippen molar-refractivity contribution in [2.24, 2.45) is 0 Å². The summed E-state index contributed by atoms with van der Waals surface area (Å²) in [6.45, 7) is 4.01. The number of carbonyl (C=O) groups is 1. The molecule has 0 saturated heterocycles. The van der Waals surface area contributed by atoms with Gasteiger partial charge in [-0.05, 0) is 13.8 Å². The third-order valence-corrected chi connectivity index (χ3v) is 1.49. The zero-order valence-electron chi connectivity index (χ0n) is 5.73. The maximum Gasteiger partial charge on any atom is 0.339 e. The molecular weight excluding hydrogens is 358 g/mol. The molecule has 0 N–H and O–H groups in total. The predicted octanol–water partition coefficient (Wildman–Crippen LogP) is 2.65. The van der Waals surface area contributed by atoms with Crippen molar-refractivity contribution < 1.29 is 7.86 Å². The van der Waals surface area contributed by atoms with Crippen molar-refractivity contribution in [1.82, 2.24) is 0 Å². The SMILES string of the molecule is CC(C)(I)/C=C/C(=O)OI. The lowest BCUT2D eigenvalue weighted by molar-refractivity contribution is -0.126. The molecule has 0 amide bonds. The van der Waals surface area contributed by atoms with Gasteiger partial charge in [0.05, 0.1) is 0 Å². The van der Waals surface area contributed by atoms with Gasteiger partial charge >= 0.3 is 5.97 Å². The molecule has 0 aliphatic heterocycles. The minimum atomic E-state index is -0.314. The van der Waals surface area contributed by atoms with E-state index in [1.165, 1.54) is 6.08 Å². The molecule has 0 aromatic carbocycles. The molecular formula is C6H8I2O2. The summed E-state index contributed by atoms with van der Waals surface area (Å²) in [4.78, 5) is 10.5. The van der Waals surface area contributed by atoms with Gasteiger partial charge in [-0.2, -0.15) is 0 Å². The molecule has 58 valence electrons. The van der Waals surface area contributed by atoms with Gasteiger partial charge in [0.2, 0.25) is 0 Å². The first-order chi connectivity index (χ1) is 4.45. The summed E-state index contributed by atoms with van der Waals surface area (Å²) in [5.41, 5.74) is 0. The maximum atomic E-state index is 10.5. The van der Waals surface area contributed by atoms with Crippen LogP contribution in [-0.2, 0) is 7.86 Å². The van der Waals surface area contributed by atoms with Gasteiger partial charge in [-0.3, -0.25) is 0 Å². The zero-order valence-corrected chi connectivity index (χ0v) is 10.0. The van der Waals surface area contributed by atoms with Gasteiger partial charge in [-0.25, -0.2) is 4.79 Å². The van der Waals surface area contributed by atoms with E-state index >= 15 is 0 Å². The molecule has 0 unspecified atom stereocenters. The van der Waals surface area contributed by atoms with Crippen LogP contribution in [-0.4, -0.2) is 9.39 Å². The molecule has 0 bridgehead atoms. The Labute approximate surface area is 88.2 Å². The monoisotopic (exact) mass is 366 g/mol. The fourth-order valence-corrected chi connectivity index (χ4v) is 0.619. The summed E-state index contributed by atoms with van der Waals surface area (Å²) >= 11 is 3.79. The Morgan fingerprint density at radius 3 is 2.40 bits per heavy atom. The normalized spacial score (nSPS) is 12.0. The van der Waals surface area contributed by atoms with Gasteiger partial charge in [-0.1, -0.05) is 28.7 Å². The van der Waals surface area contributed by atoms with Crippen molar-refractivity contribution in [2.75, 3.05) is 0 Å². The third kappa shape index (κ3) is 6.79. The van der Waals surface area contributed by atoms with Gasteiger partial charge < -0.3 is 3.07 Å². The maximum absolute atomic E-state index is 10.5. The largest absolute Gasteiger partial charge is 0.391 e. The van der Waals surface area contributed by atoms with Crippen LogP contribution < -0.4 is 0 Å². The van der Waals surface area contributed by atoms with Crippen LogP contribution in [0.4, 0.5) is 0 Å². The number of rotatable bonds is 2. The number of hydrogen-bond acceptors (Lipinski definition) is 2. The Kier molecular flexibility index (Phi) is 4.83. The highest BCUT2D eigenvalue weighted by molar-refractivity contribution is 14.1. The quantitative estimate of drug-likeness (QED) is 0.427. The van der Waals surface area contributed by atoms with E-state index in [1.54, 1.807) is 29.1 Å². The summed E-state index contributed by atoms with van der Waals surface area (Å²) in [5.74, 6) is -0.314. The first-order valence-electron chi connectivity index (χ1n) is 2.66. The fraction of sp³-hybridized carbons (Fsp3) is 0.500. The molecule has 0 atom stereocenters. The number of carbonyl (C=O) groups excluding carboxylic acids is 1. The second-order valence-corrected chi connectivity index (χ2v) is 5.51. The van der Waals surface area contributed by atoms with Crippen LogP contribution in [0.2, 0.25) is 0 Å². The topological polar surface area (TPSA) is 26.3 Å². The smallest absolute Gasteiger partial charge is 0.339 e. The lowest BCUT2D eigenvalue weighted by atomic mass is 10.2. The fourth-order valence-electron chi connectivity index (χ4n) is 0.292. The van der Waals surface area contributed by atoms with Crippen LogP contribution in [0.25, 0.3) is 0 Å². The van der Waals surface area contributed by atoms with E-state index in [9.17, 15) is 4.79 Å². The Hall–Kier alpha value is 0.670. The number of halogens is 2. The Morgan fingerprint density at radius 1 is 1.60 bits per heavy atom. The predicted molar refractivity (Wildman–Crippen MR) is 57.4 cm³/mol. The third-order valence-electron chi connectivity index (χ3n) is 0.692. The van der Waals surface area contributed by atoms with E-state index in [0.29, 0.717) is 0 Å². The molecule has 4 heteroatoms. The van der Waals surface area contributed by atoms with E-state index in [1.807, 2.05) is 13.8 Å². The molecule has 0 aromatic heterocycles. The van der Waals surface area contributed by atoms with Gasteiger partial charge in [0.1, 0.15) is 0 Å². The number of hydrogen-bond donors (Lipinski definition) is 0. The summed E-state index contributed by atoms with van der Waals surface area (Å²) in [5, 5.41) is 0. The molecule has 0 radical (unpaired) electrons. The van der Waals surface area contributed by atoms with Crippen LogP contribution in [0.15, 0.2) is 12.2 Å². The molecule has 2 nitrogen and oxygen atoms in total. The van der Waals surface area contributed by atoms with Crippen LogP contribution in [0.3, 0.4) is 0 Å². The standard InChI is InChI=1S/C6H8I2O2/c1-6(2,7)4-3-5(9)10-8/h3-4H,1-2H3/b4-3+. The second-order valence-electron chi connectivity index (χ2n) is 2.29. The lowest BCUT2D eigenvalue weighted by Gasteiger charge is -2.07. The molecule has 0 aliphatic rings. The van der Waals surface area contributed by atoms with Crippen molar-refractivity contribution in [2.45, 2.75) is 17.3 Å². The average molecular weight is 366 g/mol. The van der Waals surface area contributed by atoms with Crippen molar-refractivity contribution in [1.29, 1.82) is 0 Å². The highest BCUT2D eigenvalue weighted by atomic mass is 127. The minimum Gasteiger partial charge on any atom is -0.391 e. The van der Waals surface area contributed by atoms with E-state index in [4.69, 9.17) is 0 Å². The molecule has 0 aliphatic carbocycles. The van der Waals surface area contributed by atoms with Crippen molar-refractivity contribution in [3.63, 3.8) is 0 Å². The van der Waals surface area contributed by atoms with Crippen molar-refractivity contribution in [3.05, 3.63) is 12.2 Å². The first kappa shape index (κ1) is 10.7. The summed E-state index contributed by atoms with van der Waals surface area (Å²) < 4.78 is 4.40. The second kappa shape index (κ2) is 4.53. The lowest BCUT2D eigenvalue weighted by Crippen LogP contribution is -2.04. The van der Waals surface area contributed by atoms with Crippen LogP contribution in [0.1, 0.15) is 13.8 Å². The molecule has 0 rings (SSSR count).